The van der Waals surface area contributed by atoms with E-state index in [2.05, 4.69) is 6.92 Å². The van der Waals surface area contributed by atoms with Crippen LogP contribution in [0.25, 0.3) is 0 Å². The van der Waals surface area contributed by atoms with Gasteiger partial charge in [-0.1, -0.05) is 13.3 Å². The minimum absolute atomic E-state index is 0.115. The summed E-state index contributed by atoms with van der Waals surface area (Å²) in [6, 6.07) is -0.115. The van der Waals surface area contributed by atoms with Gasteiger partial charge in [0.1, 0.15) is 0 Å². The van der Waals surface area contributed by atoms with E-state index in [1.165, 1.54) is 0 Å². The van der Waals surface area contributed by atoms with Crippen LogP contribution in [-0.2, 0) is 9.47 Å². The third-order valence-electron chi connectivity index (χ3n) is 3.98. The van der Waals surface area contributed by atoms with E-state index in [0.29, 0.717) is 26.1 Å². The highest BCUT2D eigenvalue weighted by atomic mass is 16.7. The number of hydrogen-bond acceptors (Lipinski definition) is 4. The molecule has 1 aliphatic carbocycles. The molecular formula is C12H23NO3. The van der Waals surface area contributed by atoms with E-state index in [-0.39, 0.29) is 6.04 Å². The SMILES string of the molecule is CCCC(N)C1(O)CCC2(CC1)OCCO2. The highest BCUT2D eigenvalue weighted by Crippen LogP contribution is 2.41. The minimum Gasteiger partial charge on any atom is -0.388 e. The molecule has 1 saturated carbocycles. The van der Waals surface area contributed by atoms with Crippen LogP contribution in [0.4, 0.5) is 0 Å². The van der Waals surface area contributed by atoms with Crippen molar-refractivity contribution in [3.63, 3.8) is 0 Å². The Morgan fingerprint density at radius 2 is 1.75 bits per heavy atom. The first-order valence-corrected chi connectivity index (χ1v) is 6.36. The summed E-state index contributed by atoms with van der Waals surface area (Å²) in [6.07, 6.45) is 4.80. The zero-order valence-corrected chi connectivity index (χ0v) is 10.1. The van der Waals surface area contributed by atoms with Crippen LogP contribution in [0, 0.1) is 0 Å². The first kappa shape index (κ1) is 12.3. The number of ether oxygens (including phenoxy) is 2. The summed E-state index contributed by atoms with van der Waals surface area (Å²) in [5, 5.41) is 10.5. The molecule has 16 heavy (non-hydrogen) atoms. The first-order chi connectivity index (χ1) is 7.60. The van der Waals surface area contributed by atoms with Crippen molar-refractivity contribution in [2.45, 2.75) is 62.9 Å². The maximum absolute atomic E-state index is 10.5. The molecule has 94 valence electrons. The number of nitrogens with two attached hydrogens (primary N) is 1. The molecule has 0 aromatic heterocycles. The van der Waals surface area contributed by atoms with Gasteiger partial charge in [-0.3, -0.25) is 0 Å². The van der Waals surface area contributed by atoms with Gasteiger partial charge in [0.05, 0.1) is 18.8 Å². The van der Waals surface area contributed by atoms with Crippen LogP contribution in [-0.4, -0.2) is 35.8 Å². The standard InChI is InChI=1S/C12H23NO3/c1-2-3-10(13)11(14)4-6-12(7-5-11)15-8-9-16-12/h10,14H,2-9,13H2,1H3. The lowest BCUT2D eigenvalue weighted by molar-refractivity contribution is -0.205. The maximum Gasteiger partial charge on any atom is 0.168 e. The lowest BCUT2D eigenvalue weighted by atomic mass is 9.76. The van der Waals surface area contributed by atoms with Crippen molar-refractivity contribution < 1.29 is 14.6 Å². The maximum atomic E-state index is 10.5. The average molecular weight is 229 g/mol. The van der Waals surface area contributed by atoms with E-state index in [9.17, 15) is 5.11 Å². The molecule has 0 aromatic carbocycles. The van der Waals surface area contributed by atoms with Gasteiger partial charge in [0.15, 0.2) is 5.79 Å². The molecule has 2 aliphatic rings. The molecule has 1 unspecified atom stereocenters. The van der Waals surface area contributed by atoms with Crippen molar-refractivity contribution in [2.24, 2.45) is 5.73 Å². The largest absolute Gasteiger partial charge is 0.388 e. The summed E-state index contributed by atoms with van der Waals surface area (Å²) in [7, 11) is 0. The molecule has 1 saturated heterocycles. The Balaban J connectivity index is 1.92. The Morgan fingerprint density at radius 1 is 1.19 bits per heavy atom. The molecule has 1 aliphatic heterocycles. The van der Waals surface area contributed by atoms with Gasteiger partial charge < -0.3 is 20.3 Å². The zero-order chi connectivity index (χ0) is 11.6. The zero-order valence-electron chi connectivity index (χ0n) is 10.1. The van der Waals surface area contributed by atoms with E-state index < -0.39 is 11.4 Å². The molecular weight excluding hydrogens is 206 g/mol. The Kier molecular flexibility index (Phi) is 3.54. The summed E-state index contributed by atoms with van der Waals surface area (Å²) in [5.74, 6) is -0.405. The Hall–Kier alpha value is -0.160. The Morgan fingerprint density at radius 3 is 2.25 bits per heavy atom. The lowest BCUT2D eigenvalue weighted by Crippen LogP contribution is -2.53. The van der Waals surface area contributed by atoms with Gasteiger partial charge >= 0.3 is 0 Å². The third-order valence-corrected chi connectivity index (χ3v) is 3.98. The second kappa shape index (κ2) is 4.61. The minimum atomic E-state index is -0.712. The van der Waals surface area contributed by atoms with Gasteiger partial charge in [0, 0.05) is 18.9 Å². The summed E-state index contributed by atoms with van der Waals surface area (Å²) in [5.41, 5.74) is 5.34. The van der Waals surface area contributed by atoms with Gasteiger partial charge in [-0.2, -0.15) is 0 Å². The van der Waals surface area contributed by atoms with Crippen molar-refractivity contribution in [1.82, 2.24) is 0 Å². The van der Waals surface area contributed by atoms with Crippen molar-refractivity contribution in [2.75, 3.05) is 13.2 Å². The number of aliphatic hydroxyl groups is 1. The second-order valence-corrected chi connectivity index (χ2v) is 5.11. The predicted molar refractivity (Wildman–Crippen MR) is 60.9 cm³/mol. The van der Waals surface area contributed by atoms with Gasteiger partial charge in [-0.05, 0) is 19.3 Å². The van der Waals surface area contributed by atoms with Crippen LogP contribution in [0.15, 0.2) is 0 Å². The normalized spacial score (nSPS) is 29.4. The van der Waals surface area contributed by atoms with Gasteiger partial charge in [-0.25, -0.2) is 0 Å². The predicted octanol–water partition coefficient (Wildman–Crippen LogP) is 1.16. The molecule has 3 N–H and O–H groups in total. The fourth-order valence-electron chi connectivity index (χ4n) is 2.80. The first-order valence-electron chi connectivity index (χ1n) is 6.36. The van der Waals surface area contributed by atoms with Gasteiger partial charge in [0.2, 0.25) is 0 Å². The summed E-state index contributed by atoms with van der Waals surface area (Å²) in [6.45, 7) is 3.45. The Bertz CT molecular complexity index is 228. The van der Waals surface area contributed by atoms with E-state index >= 15 is 0 Å². The fourth-order valence-corrected chi connectivity index (χ4v) is 2.80. The molecule has 0 bridgehead atoms. The quantitative estimate of drug-likeness (QED) is 0.762. The number of rotatable bonds is 3. The van der Waals surface area contributed by atoms with E-state index in [1.807, 2.05) is 0 Å². The molecule has 1 atom stereocenters. The summed E-state index contributed by atoms with van der Waals surface area (Å²) >= 11 is 0. The lowest BCUT2D eigenvalue weighted by Gasteiger charge is -2.43. The van der Waals surface area contributed by atoms with Crippen molar-refractivity contribution in [3.8, 4) is 0 Å². The molecule has 1 heterocycles. The van der Waals surface area contributed by atoms with Crippen LogP contribution < -0.4 is 5.73 Å². The molecule has 4 nitrogen and oxygen atoms in total. The third kappa shape index (κ3) is 2.25. The van der Waals surface area contributed by atoms with Crippen LogP contribution >= 0.6 is 0 Å². The van der Waals surface area contributed by atoms with Crippen molar-refractivity contribution in [1.29, 1.82) is 0 Å². The smallest absolute Gasteiger partial charge is 0.168 e. The monoisotopic (exact) mass is 229 g/mol. The van der Waals surface area contributed by atoms with Crippen LogP contribution in [0.3, 0.4) is 0 Å². The molecule has 2 fully saturated rings. The van der Waals surface area contributed by atoms with Crippen LogP contribution in [0.5, 0.6) is 0 Å². The fraction of sp³-hybridized carbons (Fsp3) is 1.00. The molecule has 2 rings (SSSR count). The van der Waals surface area contributed by atoms with Crippen molar-refractivity contribution >= 4 is 0 Å². The van der Waals surface area contributed by atoms with Crippen LogP contribution in [0.2, 0.25) is 0 Å². The highest BCUT2D eigenvalue weighted by Gasteiger charge is 2.47. The molecule has 4 heteroatoms. The van der Waals surface area contributed by atoms with Gasteiger partial charge in [0.25, 0.3) is 0 Å². The van der Waals surface area contributed by atoms with E-state index in [0.717, 1.165) is 25.7 Å². The second-order valence-electron chi connectivity index (χ2n) is 5.11. The average Bonchev–Trinajstić information content (AvgIpc) is 2.73. The molecule has 0 radical (unpaired) electrons. The molecule has 0 aromatic rings. The summed E-state index contributed by atoms with van der Waals surface area (Å²) < 4.78 is 11.3. The van der Waals surface area contributed by atoms with E-state index in [1.54, 1.807) is 0 Å². The van der Waals surface area contributed by atoms with E-state index in [4.69, 9.17) is 15.2 Å². The molecule has 1 spiro atoms. The Labute approximate surface area is 97.1 Å². The van der Waals surface area contributed by atoms with Gasteiger partial charge in [-0.15, -0.1) is 0 Å². The van der Waals surface area contributed by atoms with Crippen molar-refractivity contribution in [3.05, 3.63) is 0 Å². The number of hydrogen-bond donors (Lipinski definition) is 2. The summed E-state index contributed by atoms with van der Waals surface area (Å²) in [4.78, 5) is 0. The van der Waals surface area contributed by atoms with Crippen LogP contribution in [0.1, 0.15) is 45.4 Å². The topological polar surface area (TPSA) is 64.7 Å². The highest BCUT2D eigenvalue weighted by molar-refractivity contribution is 4.97. The molecule has 0 amide bonds.